The Labute approximate surface area is 145 Å². The van der Waals surface area contributed by atoms with Gasteiger partial charge in [-0.05, 0) is 36.4 Å². The molecule has 0 atom stereocenters. The van der Waals surface area contributed by atoms with Crippen molar-refractivity contribution in [2.45, 2.75) is 0 Å². The van der Waals surface area contributed by atoms with E-state index in [9.17, 15) is 22.8 Å². The van der Waals surface area contributed by atoms with E-state index in [-0.39, 0.29) is 5.02 Å². The number of anilines is 1. The Morgan fingerprint density at radius 2 is 1.68 bits per heavy atom. The number of methoxy groups -OCH3 is 1. The van der Waals surface area contributed by atoms with Crippen molar-refractivity contribution >= 4 is 29.0 Å². The minimum absolute atomic E-state index is 0.361. The van der Waals surface area contributed by atoms with E-state index in [1.807, 2.05) is 0 Å². The van der Waals surface area contributed by atoms with Crippen molar-refractivity contribution in [1.29, 1.82) is 0 Å². The first-order chi connectivity index (χ1) is 11.8. The normalized spacial score (nSPS) is 11.2. The van der Waals surface area contributed by atoms with Gasteiger partial charge in [-0.25, -0.2) is 18.0 Å². The van der Waals surface area contributed by atoms with Crippen LogP contribution in [0.3, 0.4) is 0 Å². The van der Waals surface area contributed by atoms with Crippen LogP contribution in [0.4, 0.5) is 18.9 Å². The number of esters is 1. The minimum Gasteiger partial charge on any atom is -0.465 e. The lowest BCUT2D eigenvalue weighted by Gasteiger charge is -2.08. The SMILES string of the molecule is COC(=O)/C(=C\Nc1ccc(F)cc1)C(=O)c1cc(F)c(F)cc1Cl. The monoisotopic (exact) mass is 369 g/mol. The highest BCUT2D eigenvalue weighted by atomic mass is 35.5. The van der Waals surface area contributed by atoms with Gasteiger partial charge in [0.2, 0.25) is 5.78 Å². The third-order valence-corrected chi connectivity index (χ3v) is 3.44. The van der Waals surface area contributed by atoms with Crippen LogP contribution in [0, 0.1) is 17.5 Å². The number of hydrogen-bond acceptors (Lipinski definition) is 4. The van der Waals surface area contributed by atoms with Crippen molar-refractivity contribution in [2.75, 3.05) is 12.4 Å². The number of rotatable bonds is 5. The fourth-order valence-corrected chi connectivity index (χ4v) is 2.11. The van der Waals surface area contributed by atoms with Crippen molar-refractivity contribution in [3.05, 3.63) is 76.2 Å². The fraction of sp³-hybridized carbons (Fsp3) is 0.0588. The molecule has 130 valence electrons. The van der Waals surface area contributed by atoms with Crippen molar-refractivity contribution in [1.82, 2.24) is 0 Å². The van der Waals surface area contributed by atoms with E-state index < -0.39 is 40.3 Å². The molecule has 2 aromatic rings. The highest BCUT2D eigenvalue weighted by Crippen LogP contribution is 2.23. The first kappa shape index (κ1) is 18.5. The third kappa shape index (κ3) is 4.39. The highest BCUT2D eigenvalue weighted by molar-refractivity contribution is 6.37. The van der Waals surface area contributed by atoms with Crippen LogP contribution in [-0.4, -0.2) is 18.9 Å². The van der Waals surface area contributed by atoms with E-state index >= 15 is 0 Å². The van der Waals surface area contributed by atoms with Crippen LogP contribution in [0.25, 0.3) is 0 Å². The van der Waals surface area contributed by atoms with Gasteiger partial charge in [0.05, 0.1) is 12.1 Å². The molecule has 0 amide bonds. The first-order valence-electron chi connectivity index (χ1n) is 6.83. The summed E-state index contributed by atoms with van der Waals surface area (Å²) in [6.45, 7) is 0. The number of ether oxygens (including phenoxy) is 1. The predicted octanol–water partition coefficient (Wildman–Crippen LogP) is 4.11. The molecule has 2 aromatic carbocycles. The molecule has 25 heavy (non-hydrogen) atoms. The van der Waals surface area contributed by atoms with Gasteiger partial charge in [0.25, 0.3) is 0 Å². The Hall–Kier alpha value is -2.80. The van der Waals surface area contributed by atoms with E-state index in [1.165, 1.54) is 24.3 Å². The molecule has 0 aliphatic heterocycles. The standard InChI is InChI=1S/C17H11ClF3NO3/c1-25-17(24)12(8-22-10-4-2-9(19)3-5-10)16(23)11-6-14(20)15(21)7-13(11)18/h2-8,22H,1H3/b12-8-. The number of Topliss-reactive ketones (excluding diaryl/α,β-unsaturated/α-hetero) is 1. The third-order valence-electron chi connectivity index (χ3n) is 3.13. The molecule has 0 heterocycles. The maximum atomic E-state index is 13.4. The Morgan fingerprint density at radius 1 is 1.08 bits per heavy atom. The van der Waals surface area contributed by atoms with Gasteiger partial charge in [0, 0.05) is 17.5 Å². The van der Waals surface area contributed by atoms with Crippen LogP contribution >= 0.6 is 11.6 Å². The zero-order valence-electron chi connectivity index (χ0n) is 12.8. The average Bonchev–Trinajstić information content (AvgIpc) is 2.59. The Kier molecular flexibility index (Phi) is 5.82. The van der Waals surface area contributed by atoms with Crippen LogP contribution in [-0.2, 0) is 9.53 Å². The molecule has 0 spiro atoms. The number of nitrogens with one attached hydrogen (secondary N) is 1. The van der Waals surface area contributed by atoms with Crippen LogP contribution in [0.1, 0.15) is 10.4 Å². The molecule has 0 aliphatic rings. The average molecular weight is 370 g/mol. The van der Waals surface area contributed by atoms with Crippen molar-refractivity contribution in [3.63, 3.8) is 0 Å². The molecule has 0 unspecified atom stereocenters. The number of benzene rings is 2. The molecule has 0 saturated carbocycles. The summed E-state index contributed by atoms with van der Waals surface area (Å²) in [5.74, 6) is -4.96. The van der Waals surface area contributed by atoms with E-state index in [4.69, 9.17) is 11.6 Å². The molecule has 0 aliphatic carbocycles. The van der Waals surface area contributed by atoms with Gasteiger partial charge in [-0.3, -0.25) is 4.79 Å². The topological polar surface area (TPSA) is 55.4 Å². The van der Waals surface area contributed by atoms with Gasteiger partial charge in [0.15, 0.2) is 11.6 Å². The molecule has 0 saturated heterocycles. The van der Waals surface area contributed by atoms with Gasteiger partial charge in [-0.15, -0.1) is 0 Å². The molecule has 2 rings (SSSR count). The lowest BCUT2D eigenvalue weighted by Crippen LogP contribution is -2.17. The second-order valence-electron chi connectivity index (χ2n) is 4.78. The fourth-order valence-electron chi connectivity index (χ4n) is 1.87. The number of carbonyl (C=O) groups excluding carboxylic acids is 2. The summed E-state index contributed by atoms with van der Waals surface area (Å²) >= 11 is 5.75. The molecular weight excluding hydrogens is 359 g/mol. The predicted molar refractivity (Wildman–Crippen MR) is 85.8 cm³/mol. The zero-order valence-corrected chi connectivity index (χ0v) is 13.5. The molecule has 0 bridgehead atoms. The maximum Gasteiger partial charge on any atom is 0.343 e. The maximum absolute atomic E-state index is 13.4. The molecule has 0 fully saturated rings. The zero-order chi connectivity index (χ0) is 18.6. The summed E-state index contributed by atoms with van der Waals surface area (Å²) in [4.78, 5) is 24.3. The van der Waals surface area contributed by atoms with Crippen LogP contribution in [0.5, 0.6) is 0 Å². The van der Waals surface area contributed by atoms with Crippen molar-refractivity contribution in [2.24, 2.45) is 0 Å². The quantitative estimate of drug-likeness (QED) is 0.215. The number of carbonyl (C=O) groups is 2. The molecule has 0 radical (unpaired) electrons. The summed E-state index contributed by atoms with van der Waals surface area (Å²) < 4.78 is 43.9. The molecule has 4 nitrogen and oxygen atoms in total. The first-order valence-corrected chi connectivity index (χ1v) is 7.21. The summed E-state index contributed by atoms with van der Waals surface area (Å²) in [5.41, 5.74) is -0.523. The van der Waals surface area contributed by atoms with Crippen LogP contribution < -0.4 is 5.32 Å². The number of ketones is 1. The molecule has 8 heteroatoms. The number of hydrogen-bond donors (Lipinski definition) is 1. The van der Waals surface area contributed by atoms with Gasteiger partial charge < -0.3 is 10.1 Å². The summed E-state index contributed by atoms with van der Waals surface area (Å²) in [6.07, 6.45) is 1.01. The smallest absolute Gasteiger partial charge is 0.343 e. The number of halogens is 4. The van der Waals surface area contributed by atoms with E-state index in [0.717, 1.165) is 13.3 Å². The van der Waals surface area contributed by atoms with E-state index in [2.05, 4.69) is 10.1 Å². The Bertz CT molecular complexity index is 851. The summed E-state index contributed by atoms with van der Waals surface area (Å²) in [6, 6.07) is 6.30. The van der Waals surface area contributed by atoms with Gasteiger partial charge in [-0.2, -0.15) is 0 Å². The largest absolute Gasteiger partial charge is 0.465 e. The highest BCUT2D eigenvalue weighted by Gasteiger charge is 2.24. The molecular formula is C17H11ClF3NO3. The van der Waals surface area contributed by atoms with E-state index in [0.29, 0.717) is 17.8 Å². The van der Waals surface area contributed by atoms with Crippen LogP contribution in [0.2, 0.25) is 5.02 Å². The van der Waals surface area contributed by atoms with Crippen molar-refractivity contribution in [3.8, 4) is 0 Å². The molecule has 0 aromatic heterocycles. The minimum atomic E-state index is -1.29. The van der Waals surface area contributed by atoms with E-state index in [1.54, 1.807) is 0 Å². The Balaban J connectivity index is 2.38. The van der Waals surface area contributed by atoms with Crippen LogP contribution in [0.15, 0.2) is 48.2 Å². The summed E-state index contributed by atoms with van der Waals surface area (Å²) in [7, 11) is 1.05. The molecule has 1 N–H and O–H groups in total. The lowest BCUT2D eigenvalue weighted by atomic mass is 10.0. The van der Waals surface area contributed by atoms with Gasteiger partial charge in [0.1, 0.15) is 11.4 Å². The lowest BCUT2D eigenvalue weighted by molar-refractivity contribution is -0.135. The second-order valence-corrected chi connectivity index (χ2v) is 5.18. The second kappa shape index (κ2) is 7.85. The Morgan fingerprint density at radius 3 is 2.28 bits per heavy atom. The summed E-state index contributed by atoms with van der Waals surface area (Å²) in [5, 5.41) is 2.26. The van der Waals surface area contributed by atoms with Gasteiger partial charge >= 0.3 is 5.97 Å². The van der Waals surface area contributed by atoms with Gasteiger partial charge in [-0.1, -0.05) is 11.6 Å². The van der Waals surface area contributed by atoms with Crippen molar-refractivity contribution < 1.29 is 27.5 Å².